The number of carbonyl (C=O) groups is 1. The van der Waals surface area contributed by atoms with Crippen molar-refractivity contribution >= 4 is 34.2 Å². The summed E-state index contributed by atoms with van der Waals surface area (Å²) < 4.78 is 8.81. The largest absolute Gasteiger partial charge is 0.495 e. The van der Waals surface area contributed by atoms with Crippen LogP contribution >= 0.6 is 11.6 Å². The number of aryl methyl sites for hydroxylation is 2. The van der Waals surface area contributed by atoms with Crippen molar-refractivity contribution in [3.63, 3.8) is 0 Å². The van der Waals surface area contributed by atoms with Crippen LogP contribution in [0.4, 0.5) is 5.69 Å². The predicted molar refractivity (Wildman–Crippen MR) is 124 cm³/mol. The Hall–Kier alpha value is -3.33. The number of amides is 1. The highest BCUT2D eigenvalue weighted by Gasteiger charge is 2.22. The first-order chi connectivity index (χ1) is 15.2. The van der Waals surface area contributed by atoms with E-state index in [-0.39, 0.29) is 23.1 Å². The van der Waals surface area contributed by atoms with Crippen LogP contribution in [0.25, 0.3) is 11.0 Å². The van der Waals surface area contributed by atoms with Gasteiger partial charge in [-0.25, -0.2) is 4.79 Å². The number of ether oxygens (including phenoxy) is 1. The van der Waals surface area contributed by atoms with Gasteiger partial charge in [0.15, 0.2) is 0 Å². The zero-order chi connectivity index (χ0) is 23.6. The molecular weight excluding hydrogens is 436 g/mol. The molecule has 32 heavy (non-hydrogen) atoms. The first-order valence-corrected chi connectivity index (χ1v) is 10.6. The van der Waals surface area contributed by atoms with Crippen molar-refractivity contribution in [2.75, 3.05) is 12.4 Å². The van der Waals surface area contributed by atoms with Gasteiger partial charge in [-0.2, -0.15) is 0 Å². The summed E-state index contributed by atoms with van der Waals surface area (Å²) in [5.41, 5.74) is -1.22. The molecule has 0 radical (unpaired) electrons. The number of rotatable bonds is 7. The molecule has 0 saturated carbocycles. The van der Waals surface area contributed by atoms with Crippen LogP contribution in [0, 0.1) is 0 Å². The third-order valence-corrected chi connectivity index (χ3v) is 5.42. The molecule has 1 aromatic carbocycles. The summed E-state index contributed by atoms with van der Waals surface area (Å²) in [4.78, 5) is 52.1. The van der Waals surface area contributed by atoms with Gasteiger partial charge in [0, 0.05) is 31.9 Å². The monoisotopic (exact) mass is 460 g/mol. The molecule has 0 spiro atoms. The second kappa shape index (κ2) is 9.44. The summed E-state index contributed by atoms with van der Waals surface area (Å²) in [5.74, 6) is -0.217. The van der Waals surface area contributed by atoms with Gasteiger partial charge in [0.05, 0.1) is 23.1 Å². The van der Waals surface area contributed by atoms with Crippen molar-refractivity contribution in [2.45, 2.75) is 39.8 Å². The summed E-state index contributed by atoms with van der Waals surface area (Å²) in [5, 5.41) is 2.98. The molecular formula is C22H25ClN4O5. The molecule has 170 valence electrons. The van der Waals surface area contributed by atoms with Crippen molar-refractivity contribution in [1.82, 2.24) is 13.7 Å². The van der Waals surface area contributed by atoms with Gasteiger partial charge in [0.1, 0.15) is 11.4 Å². The van der Waals surface area contributed by atoms with E-state index >= 15 is 0 Å². The number of pyridine rings is 1. The number of anilines is 1. The van der Waals surface area contributed by atoms with Crippen molar-refractivity contribution in [3.8, 4) is 5.75 Å². The number of fused-ring (bicyclic) bond motifs is 1. The first kappa shape index (κ1) is 23.3. The summed E-state index contributed by atoms with van der Waals surface area (Å²) in [6.45, 7) is 4.22. The molecule has 2 aromatic heterocycles. The molecule has 0 saturated heterocycles. The Morgan fingerprint density at radius 2 is 1.72 bits per heavy atom. The minimum Gasteiger partial charge on any atom is -0.495 e. The molecule has 9 nitrogen and oxygen atoms in total. The van der Waals surface area contributed by atoms with Gasteiger partial charge < -0.3 is 10.1 Å². The molecule has 0 fully saturated rings. The van der Waals surface area contributed by atoms with Crippen LogP contribution in [-0.2, 0) is 20.1 Å². The second-order valence-electron chi connectivity index (χ2n) is 7.35. The maximum absolute atomic E-state index is 13.3. The fourth-order valence-corrected chi connectivity index (χ4v) is 3.93. The summed E-state index contributed by atoms with van der Waals surface area (Å²) in [6, 6.07) is 5.83. The number of hydrogen-bond acceptors (Lipinski definition) is 5. The fraction of sp³-hybridized carbons (Fsp3) is 0.364. The highest BCUT2D eigenvalue weighted by atomic mass is 35.5. The van der Waals surface area contributed by atoms with E-state index in [4.69, 9.17) is 16.3 Å². The van der Waals surface area contributed by atoms with E-state index in [2.05, 4.69) is 5.32 Å². The van der Waals surface area contributed by atoms with Crippen LogP contribution in [0.3, 0.4) is 0 Å². The van der Waals surface area contributed by atoms with E-state index in [1.54, 1.807) is 12.1 Å². The van der Waals surface area contributed by atoms with Crippen LogP contribution in [0.1, 0.15) is 37.0 Å². The van der Waals surface area contributed by atoms with Gasteiger partial charge in [0.25, 0.3) is 17.0 Å². The minimum atomic E-state index is -0.657. The molecule has 1 amide bonds. The Balaban J connectivity index is 2.29. The summed E-state index contributed by atoms with van der Waals surface area (Å²) in [7, 11) is 2.97. The lowest BCUT2D eigenvalue weighted by molar-refractivity contribution is 0.102. The summed E-state index contributed by atoms with van der Waals surface area (Å²) >= 11 is 6.13. The van der Waals surface area contributed by atoms with E-state index in [0.717, 1.165) is 10.6 Å². The third-order valence-electron chi connectivity index (χ3n) is 5.13. The molecule has 0 aliphatic heterocycles. The number of nitrogens with one attached hydrogen (secondary N) is 1. The molecule has 0 aliphatic rings. The van der Waals surface area contributed by atoms with Crippen molar-refractivity contribution in [1.29, 1.82) is 0 Å². The van der Waals surface area contributed by atoms with Gasteiger partial charge in [0.2, 0.25) is 0 Å². The van der Waals surface area contributed by atoms with Gasteiger partial charge in [-0.15, -0.1) is 0 Å². The van der Waals surface area contributed by atoms with Crippen LogP contribution < -0.4 is 26.9 Å². The maximum atomic E-state index is 13.3. The molecule has 0 aliphatic carbocycles. The maximum Gasteiger partial charge on any atom is 0.332 e. The van der Waals surface area contributed by atoms with E-state index in [9.17, 15) is 19.2 Å². The van der Waals surface area contributed by atoms with Crippen molar-refractivity contribution in [2.24, 2.45) is 7.05 Å². The average Bonchev–Trinajstić information content (AvgIpc) is 2.76. The minimum absolute atomic E-state index is 0.0192. The molecule has 3 rings (SSSR count). The lowest BCUT2D eigenvalue weighted by atomic mass is 10.1. The molecule has 2 heterocycles. The summed E-state index contributed by atoms with van der Waals surface area (Å²) in [6.07, 6.45) is 1.16. The zero-order valence-corrected chi connectivity index (χ0v) is 19.2. The number of halogens is 1. The van der Waals surface area contributed by atoms with E-state index < -0.39 is 22.7 Å². The van der Waals surface area contributed by atoms with Gasteiger partial charge in [-0.05, 0) is 31.0 Å². The van der Waals surface area contributed by atoms with Crippen LogP contribution in [0.15, 0.2) is 38.6 Å². The standard InChI is InChI=1S/C22H25ClN4O5/c1-5-9-26-17(28)12-14(19(29)24-13-7-8-16(32-4)15(23)11-13)18-20(26)25(3)22(31)27(10-6-2)21(18)30/h7-8,11-12H,5-6,9-10H2,1-4H3,(H,24,29). The van der Waals surface area contributed by atoms with E-state index in [1.165, 1.54) is 29.4 Å². The number of nitrogens with zero attached hydrogens (tertiary/aromatic N) is 3. The van der Waals surface area contributed by atoms with Crippen LogP contribution in [0.5, 0.6) is 5.75 Å². The molecule has 0 unspecified atom stereocenters. The normalized spacial score (nSPS) is 11.0. The number of methoxy groups -OCH3 is 1. The Morgan fingerprint density at radius 1 is 1.06 bits per heavy atom. The molecule has 3 aromatic rings. The van der Waals surface area contributed by atoms with Crippen LogP contribution in [0.2, 0.25) is 5.02 Å². The molecule has 0 bridgehead atoms. The van der Waals surface area contributed by atoms with Gasteiger partial charge >= 0.3 is 5.69 Å². The van der Waals surface area contributed by atoms with E-state index in [1.807, 2.05) is 13.8 Å². The Morgan fingerprint density at radius 3 is 2.31 bits per heavy atom. The van der Waals surface area contributed by atoms with Gasteiger partial charge in [-0.3, -0.25) is 28.1 Å². The SMILES string of the molecule is CCCn1c(=O)c2c(C(=O)Nc3ccc(OC)c(Cl)c3)cc(=O)n(CCC)c2n(C)c1=O. The predicted octanol–water partition coefficient (Wildman–Crippen LogP) is 2.60. The fourth-order valence-electron chi connectivity index (χ4n) is 3.67. The number of hydrogen-bond donors (Lipinski definition) is 1. The number of carbonyl (C=O) groups excluding carboxylic acids is 1. The van der Waals surface area contributed by atoms with Crippen LogP contribution in [-0.4, -0.2) is 26.7 Å². The smallest absolute Gasteiger partial charge is 0.332 e. The van der Waals surface area contributed by atoms with E-state index in [0.29, 0.717) is 35.8 Å². The number of aromatic nitrogens is 3. The third kappa shape index (κ3) is 4.08. The Kier molecular flexibility index (Phi) is 6.88. The molecule has 1 N–H and O–H groups in total. The molecule has 10 heteroatoms. The quantitative estimate of drug-likeness (QED) is 0.583. The average molecular weight is 461 g/mol. The highest BCUT2D eigenvalue weighted by Crippen LogP contribution is 2.27. The highest BCUT2D eigenvalue weighted by molar-refractivity contribution is 6.32. The lowest BCUT2D eigenvalue weighted by Crippen LogP contribution is -2.42. The Bertz CT molecular complexity index is 1370. The zero-order valence-electron chi connectivity index (χ0n) is 18.4. The Labute approximate surface area is 188 Å². The van der Waals surface area contributed by atoms with Crippen molar-refractivity contribution < 1.29 is 9.53 Å². The number of benzene rings is 1. The molecule has 0 atom stereocenters. The van der Waals surface area contributed by atoms with Crippen molar-refractivity contribution in [3.05, 3.63) is 66.0 Å². The van der Waals surface area contributed by atoms with Gasteiger partial charge in [-0.1, -0.05) is 25.4 Å². The topological polar surface area (TPSA) is 104 Å². The second-order valence-corrected chi connectivity index (χ2v) is 7.76. The lowest BCUT2D eigenvalue weighted by Gasteiger charge is -2.17. The first-order valence-electron chi connectivity index (χ1n) is 10.3.